The van der Waals surface area contributed by atoms with Crippen LogP contribution < -0.4 is 5.46 Å². The molecule has 1 aromatic heterocycles. The zero-order chi connectivity index (χ0) is 17.1. The van der Waals surface area contributed by atoms with Crippen LogP contribution in [0.4, 0.5) is 0 Å². The van der Waals surface area contributed by atoms with E-state index < -0.39 is 0 Å². The summed E-state index contributed by atoms with van der Waals surface area (Å²) in [5, 5.41) is 0. The number of aromatic nitrogens is 1. The fourth-order valence-corrected chi connectivity index (χ4v) is 2.96. The maximum atomic E-state index is 4.93. The van der Waals surface area contributed by atoms with Gasteiger partial charge in [0.15, 0.2) is 0 Å². The molecule has 0 aliphatic rings. The number of hydrogen-bond donors (Lipinski definition) is 0. The van der Waals surface area contributed by atoms with Crippen molar-refractivity contribution in [2.24, 2.45) is 0 Å². The first-order chi connectivity index (χ1) is 12.3. The van der Waals surface area contributed by atoms with Crippen LogP contribution in [0, 0.1) is 0 Å². The average molecular weight is 319 g/mol. The predicted molar refractivity (Wildman–Crippen MR) is 109 cm³/mol. The smallest absolute Gasteiger partial charge is 0.139 e. The Kier molecular flexibility index (Phi) is 4.18. The first-order valence-electron chi connectivity index (χ1n) is 8.49. The van der Waals surface area contributed by atoms with Crippen LogP contribution in [0.1, 0.15) is 0 Å². The van der Waals surface area contributed by atoms with Crippen LogP contribution in [0.3, 0.4) is 0 Å². The Hall–Kier alpha value is -3.13. The van der Waals surface area contributed by atoms with Crippen molar-refractivity contribution < 1.29 is 0 Å². The summed E-state index contributed by atoms with van der Waals surface area (Å²) in [4.78, 5) is 4.93. The lowest BCUT2D eigenvalue weighted by Crippen LogP contribution is -2.00. The minimum atomic E-state index is 0.998. The molecule has 25 heavy (non-hydrogen) atoms. The summed E-state index contributed by atoms with van der Waals surface area (Å²) < 4.78 is 0. The van der Waals surface area contributed by atoms with Gasteiger partial charge in [0, 0.05) is 11.1 Å². The van der Waals surface area contributed by atoms with Crippen LogP contribution in [0.5, 0.6) is 0 Å². The van der Waals surface area contributed by atoms with Gasteiger partial charge in [-0.25, -0.2) is 4.98 Å². The number of nitrogens with zero attached hydrogens (tertiary/aromatic N) is 1. The van der Waals surface area contributed by atoms with Crippen LogP contribution in [0.2, 0.25) is 0 Å². The molecular formula is C23H18BN. The first kappa shape index (κ1) is 15.4. The molecule has 0 saturated carbocycles. The normalized spacial score (nSPS) is 10.6. The highest BCUT2D eigenvalue weighted by atomic mass is 14.7. The quantitative estimate of drug-likeness (QED) is 0.512. The Labute approximate surface area is 149 Å². The number of rotatable bonds is 3. The molecule has 4 rings (SSSR count). The van der Waals surface area contributed by atoms with Crippen molar-refractivity contribution in [1.29, 1.82) is 0 Å². The van der Waals surface area contributed by atoms with Crippen LogP contribution >= 0.6 is 0 Å². The van der Waals surface area contributed by atoms with Gasteiger partial charge in [-0.2, -0.15) is 0 Å². The Morgan fingerprint density at radius 3 is 1.52 bits per heavy atom. The predicted octanol–water partition coefficient (Wildman–Crippen LogP) is 4.34. The Morgan fingerprint density at radius 1 is 0.480 bits per heavy atom. The standard InChI is InChI=1S/C23H18BN/c24-21-13-11-19(12-14-21)23-16-20(17-7-3-1-4-8-17)15-22(25-23)18-9-5-2-6-10-18/h1-16H,24H2. The maximum Gasteiger partial charge on any atom is 0.139 e. The lowest BCUT2D eigenvalue weighted by Gasteiger charge is -2.10. The van der Waals surface area contributed by atoms with E-state index in [1.165, 1.54) is 16.6 Å². The zero-order valence-corrected chi connectivity index (χ0v) is 14.2. The third-order valence-electron chi connectivity index (χ3n) is 4.35. The molecule has 3 aromatic carbocycles. The van der Waals surface area contributed by atoms with Crippen molar-refractivity contribution in [3.8, 4) is 33.6 Å². The Balaban J connectivity index is 1.90. The molecular weight excluding hydrogens is 301 g/mol. The molecule has 0 saturated heterocycles. The minimum absolute atomic E-state index is 0.998. The molecule has 0 N–H and O–H groups in total. The fraction of sp³-hybridized carbons (Fsp3) is 0. The third-order valence-corrected chi connectivity index (χ3v) is 4.35. The van der Waals surface area contributed by atoms with Crippen LogP contribution in [0.15, 0.2) is 97.1 Å². The lowest BCUT2D eigenvalue weighted by atomic mass is 9.94. The molecule has 0 bridgehead atoms. The molecule has 0 spiro atoms. The molecule has 4 aromatic rings. The van der Waals surface area contributed by atoms with Crippen LogP contribution in [-0.2, 0) is 0 Å². The van der Waals surface area contributed by atoms with Gasteiger partial charge < -0.3 is 0 Å². The van der Waals surface area contributed by atoms with E-state index in [4.69, 9.17) is 4.98 Å². The van der Waals surface area contributed by atoms with Crippen molar-refractivity contribution in [2.45, 2.75) is 0 Å². The monoisotopic (exact) mass is 319 g/mol. The van der Waals surface area contributed by atoms with Crippen molar-refractivity contribution in [1.82, 2.24) is 4.98 Å². The highest BCUT2D eigenvalue weighted by Gasteiger charge is 2.08. The summed E-state index contributed by atoms with van der Waals surface area (Å²) in [6.45, 7) is 0. The van der Waals surface area contributed by atoms with Gasteiger partial charge in [-0.1, -0.05) is 90.4 Å². The topological polar surface area (TPSA) is 12.9 Å². The third kappa shape index (κ3) is 3.38. The number of hydrogen-bond acceptors (Lipinski definition) is 1. The highest BCUT2D eigenvalue weighted by Crippen LogP contribution is 2.29. The van der Waals surface area contributed by atoms with Crippen molar-refractivity contribution in [3.05, 3.63) is 97.1 Å². The van der Waals surface area contributed by atoms with E-state index >= 15 is 0 Å². The Bertz CT molecular complexity index is 920. The van der Waals surface area contributed by atoms with E-state index in [0.29, 0.717) is 0 Å². The molecule has 118 valence electrons. The molecule has 0 radical (unpaired) electrons. The summed E-state index contributed by atoms with van der Waals surface area (Å²) in [6.07, 6.45) is 0. The minimum Gasteiger partial charge on any atom is -0.248 e. The van der Waals surface area contributed by atoms with E-state index in [0.717, 1.165) is 22.5 Å². The van der Waals surface area contributed by atoms with Gasteiger partial charge >= 0.3 is 0 Å². The van der Waals surface area contributed by atoms with E-state index in [1.807, 2.05) is 12.1 Å². The van der Waals surface area contributed by atoms with Crippen molar-refractivity contribution in [3.63, 3.8) is 0 Å². The van der Waals surface area contributed by atoms with Crippen LogP contribution in [0.25, 0.3) is 33.6 Å². The first-order valence-corrected chi connectivity index (χ1v) is 8.49. The molecule has 0 atom stereocenters. The molecule has 1 nitrogen and oxygen atoms in total. The van der Waals surface area contributed by atoms with Gasteiger partial charge in [0.25, 0.3) is 0 Å². The lowest BCUT2D eigenvalue weighted by molar-refractivity contribution is 1.32. The molecule has 0 aliphatic carbocycles. The molecule has 0 fully saturated rings. The van der Waals surface area contributed by atoms with E-state index in [1.54, 1.807) is 0 Å². The van der Waals surface area contributed by atoms with Gasteiger partial charge in [-0.15, -0.1) is 0 Å². The summed E-state index contributed by atoms with van der Waals surface area (Å²) in [5.41, 5.74) is 7.92. The summed E-state index contributed by atoms with van der Waals surface area (Å²) in [6, 6.07) is 33.7. The van der Waals surface area contributed by atoms with Gasteiger partial charge in [-0.3, -0.25) is 0 Å². The molecule has 2 heteroatoms. The summed E-state index contributed by atoms with van der Waals surface area (Å²) in [7, 11) is 2.10. The molecule has 0 unspecified atom stereocenters. The number of benzene rings is 3. The van der Waals surface area contributed by atoms with Crippen LogP contribution in [-0.4, -0.2) is 12.8 Å². The van der Waals surface area contributed by atoms with Gasteiger partial charge in [0.2, 0.25) is 0 Å². The van der Waals surface area contributed by atoms with Crippen molar-refractivity contribution in [2.75, 3.05) is 0 Å². The summed E-state index contributed by atoms with van der Waals surface area (Å²) in [5.74, 6) is 0. The van der Waals surface area contributed by atoms with Gasteiger partial charge in [0.1, 0.15) is 7.85 Å². The second-order valence-corrected chi connectivity index (χ2v) is 6.22. The SMILES string of the molecule is Bc1ccc(-c2cc(-c3ccccc3)cc(-c3ccccc3)n2)cc1. The Morgan fingerprint density at radius 2 is 0.960 bits per heavy atom. The van der Waals surface area contributed by atoms with Crippen molar-refractivity contribution >= 4 is 13.3 Å². The molecule has 1 heterocycles. The second kappa shape index (κ2) is 6.78. The van der Waals surface area contributed by atoms with E-state index in [-0.39, 0.29) is 0 Å². The fourth-order valence-electron chi connectivity index (χ4n) is 2.96. The maximum absolute atomic E-state index is 4.93. The molecule has 0 amide bonds. The van der Waals surface area contributed by atoms with E-state index in [2.05, 4.69) is 92.8 Å². The van der Waals surface area contributed by atoms with Gasteiger partial charge in [0.05, 0.1) is 11.4 Å². The largest absolute Gasteiger partial charge is 0.248 e. The number of pyridine rings is 1. The second-order valence-electron chi connectivity index (χ2n) is 6.22. The van der Waals surface area contributed by atoms with Gasteiger partial charge in [-0.05, 0) is 23.3 Å². The summed E-state index contributed by atoms with van der Waals surface area (Å²) >= 11 is 0. The highest BCUT2D eigenvalue weighted by molar-refractivity contribution is 6.32. The average Bonchev–Trinajstić information content (AvgIpc) is 2.69. The zero-order valence-electron chi connectivity index (χ0n) is 14.2. The molecule has 0 aliphatic heterocycles. The van der Waals surface area contributed by atoms with E-state index in [9.17, 15) is 0 Å².